The molecule has 2 aromatic rings. The second kappa shape index (κ2) is 4.87. The van der Waals surface area contributed by atoms with E-state index in [4.69, 9.17) is 4.74 Å². The monoisotopic (exact) mass is 297 g/mol. The maximum absolute atomic E-state index is 12.2. The van der Waals surface area contributed by atoms with Gasteiger partial charge in [0, 0.05) is 23.4 Å². The zero-order valence-corrected chi connectivity index (χ0v) is 12.2. The van der Waals surface area contributed by atoms with Crippen molar-refractivity contribution in [3.05, 3.63) is 64.1 Å². The minimum atomic E-state index is -0.595. The van der Waals surface area contributed by atoms with E-state index in [9.17, 15) is 14.7 Å². The molecule has 0 atom stereocenters. The Kier molecular flexibility index (Phi) is 3.13. The second-order valence-electron chi connectivity index (χ2n) is 5.70. The van der Waals surface area contributed by atoms with Crippen molar-refractivity contribution < 1.29 is 14.6 Å². The van der Waals surface area contributed by atoms with Crippen LogP contribution in [0.1, 0.15) is 29.8 Å². The zero-order chi connectivity index (χ0) is 15.9. The molecule has 0 radical (unpaired) electrons. The van der Waals surface area contributed by atoms with E-state index in [1.165, 1.54) is 16.8 Å². The molecule has 0 spiro atoms. The van der Waals surface area contributed by atoms with Gasteiger partial charge in [-0.3, -0.25) is 14.2 Å². The van der Waals surface area contributed by atoms with Crippen molar-refractivity contribution in [1.82, 2.24) is 4.57 Å². The van der Waals surface area contributed by atoms with Crippen molar-refractivity contribution in [3.8, 4) is 11.5 Å². The van der Waals surface area contributed by atoms with E-state index >= 15 is 0 Å². The molecule has 1 N–H and O–H groups in total. The number of pyridine rings is 1. The summed E-state index contributed by atoms with van der Waals surface area (Å²) in [4.78, 5) is 23.2. The van der Waals surface area contributed by atoms with Crippen LogP contribution in [-0.2, 0) is 0 Å². The molecular formula is C17H15NO4. The summed E-state index contributed by atoms with van der Waals surface area (Å²) in [5, 5.41) is 9.41. The molecule has 3 rings (SSSR count). The quantitative estimate of drug-likeness (QED) is 0.864. The van der Waals surface area contributed by atoms with E-state index in [2.05, 4.69) is 0 Å². The predicted molar refractivity (Wildman–Crippen MR) is 82.3 cm³/mol. The van der Waals surface area contributed by atoms with E-state index in [1.54, 1.807) is 18.2 Å². The first-order chi connectivity index (χ1) is 10.4. The van der Waals surface area contributed by atoms with E-state index in [1.807, 2.05) is 19.9 Å². The Balaban J connectivity index is 2.27. The van der Waals surface area contributed by atoms with Crippen molar-refractivity contribution in [2.45, 2.75) is 19.4 Å². The van der Waals surface area contributed by atoms with Gasteiger partial charge in [-0.15, -0.1) is 0 Å². The third kappa shape index (κ3) is 2.41. The molecule has 1 aliphatic rings. The molecule has 0 amide bonds. The number of carbonyl (C=O) groups excluding carboxylic acids is 1. The minimum absolute atomic E-state index is 0.0879. The highest BCUT2D eigenvalue weighted by atomic mass is 16.5. The number of benzene rings is 1. The first-order valence-corrected chi connectivity index (χ1v) is 6.83. The van der Waals surface area contributed by atoms with Gasteiger partial charge in [0.2, 0.25) is 0 Å². The molecule has 1 aromatic carbocycles. The fourth-order valence-corrected chi connectivity index (χ4v) is 2.50. The third-order valence-electron chi connectivity index (χ3n) is 3.44. The van der Waals surface area contributed by atoms with Crippen molar-refractivity contribution in [2.75, 3.05) is 0 Å². The molecule has 0 bridgehead atoms. The molecule has 2 heterocycles. The van der Waals surface area contributed by atoms with Crippen molar-refractivity contribution in [1.29, 1.82) is 0 Å². The van der Waals surface area contributed by atoms with Gasteiger partial charge >= 0.3 is 0 Å². The Morgan fingerprint density at radius 1 is 1.23 bits per heavy atom. The smallest absolute Gasteiger partial charge is 0.258 e. The number of ether oxygens (including phenoxy) is 1. The number of aromatic hydroxyl groups is 1. The Bertz CT molecular complexity index is 846. The van der Waals surface area contributed by atoms with E-state index in [0.717, 1.165) is 12.4 Å². The van der Waals surface area contributed by atoms with Gasteiger partial charge in [0.25, 0.3) is 5.56 Å². The van der Waals surface area contributed by atoms with Crippen molar-refractivity contribution >= 4 is 12.0 Å². The van der Waals surface area contributed by atoms with Crippen molar-refractivity contribution in [3.63, 3.8) is 0 Å². The van der Waals surface area contributed by atoms with E-state index < -0.39 is 5.60 Å². The highest BCUT2D eigenvalue weighted by Gasteiger charge is 2.28. The van der Waals surface area contributed by atoms with Crippen LogP contribution in [0.15, 0.2) is 47.4 Å². The van der Waals surface area contributed by atoms with Crippen LogP contribution in [-0.4, -0.2) is 21.6 Å². The van der Waals surface area contributed by atoms with Crippen LogP contribution in [0.3, 0.4) is 0 Å². The predicted octanol–water partition coefficient (Wildman–Crippen LogP) is 2.43. The highest BCUT2D eigenvalue weighted by Crippen LogP contribution is 2.36. The van der Waals surface area contributed by atoms with Crippen LogP contribution in [0.5, 0.6) is 11.5 Å². The summed E-state index contributed by atoms with van der Waals surface area (Å²) < 4.78 is 7.31. The number of hydrogen-bond donors (Lipinski definition) is 1. The Morgan fingerprint density at radius 3 is 2.68 bits per heavy atom. The molecule has 0 aliphatic carbocycles. The molecule has 1 aliphatic heterocycles. The van der Waals surface area contributed by atoms with E-state index in [0.29, 0.717) is 22.6 Å². The van der Waals surface area contributed by atoms with Crippen LogP contribution < -0.4 is 10.3 Å². The Morgan fingerprint density at radius 2 is 2.00 bits per heavy atom. The third-order valence-corrected chi connectivity index (χ3v) is 3.44. The summed E-state index contributed by atoms with van der Waals surface area (Å²) in [6.07, 6.45) is 4.07. The Labute approximate surface area is 127 Å². The molecule has 22 heavy (non-hydrogen) atoms. The summed E-state index contributed by atoms with van der Waals surface area (Å²) >= 11 is 0. The summed E-state index contributed by atoms with van der Waals surface area (Å²) in [5.41, 5.74) is 0.838. The molecule has 5 nitrogen and oxygen atoms in total. The maximum atomic E-state index is 12.2. The summed E-state index contributed by atoms with van der Waals surface area (Å²) in [7, 11) is 0. The van der Waals surface area contributed by atoms with Gasteiger partial charge in [-0.05, 0) is 44.2 Å². The minimum Gasteiger partial charge on any atom is -0.508 e. The van der Waals surface area contributed by atoms with Crippen LogP contribution in [0.25, 0.3) is 5.70 Å². The number of carbonyl (C=O) groups is 1. The number of hydrogen-bond acceptors (Lipinski definition) is 4. The molecular weight excluding hydrogens is 282 g/mol. The maximum Gasteiger partial charge on any atom is 0.258 e. The normalized spacial score (nSPS) is 15.5. The largest absolute Gasteiger partial charge is 0.508 e. The van der Waals surface area contributed by atoms with Gasteiger partial charge in [-0.25, -0.2) is 0 Å². The van der Waals surface area contributed by atoms with Gasteiger partial charge in [0.15, 0.2) is 0 Å². The van der Waals surface area contributed by atoms with Crippen LogP contribution in [0, 0.1) is 0 Å². The van der Waals surface area contributed by atoms with Crippen LogP contribution in [0.4, 0.5) is 0 Å². The summed E-state index contributed by atoms with van der Waals surface area (Å²) in [6.45, 7) is 3.77. The lowest BCUT2D eigenvalue weighted by Crippen LogP contribution is -2.32. The van der Waals surface area contributed by atoms with Gasteiger partial charge < -0.3 is 9.84 Å². The topological polar surface area (TPSA) is 68.5 Å². The van der Waals surface area contributed by atoms with Crippen molar-refractivity contribution in [2.24, 2.45) is 0 Å². The number of aromatic nitrogens is 1. The molecule has 0 fully saturated rings. The van der Waals surface area contributed by atoms with Gasteiger partial charge in [0.1, 0.15) is 23.4 Å². The summed E-state index contributed by atoms with van der Waals surface area (Å²) in [6, 6.07) is 7.66. The zero-order valence-electron chi connectivity index (χ0n) is 12.2. The van der Waals surface area contributed by atoms with Gasteiger partial charge in [-0.2, -0.15) is 0 Å². The first-order valence-electron chi connectivity index (χ1n) is 6.83. The van der Waals surface area contributed by atoms with Gasteiger partial charge in [-0.1, -0.05) is 0 Å². The molecule has 0 saturated heterocycles. The number of rotatable bonds is 2. The number of fused-ring (bicyclic) bond motifs is 1. The molecule has 0 saturated carbocycles. The fraction of sp³-hybridized carbons (Fsp3) is 0.176. The lowest BCUT2D eigenvalue weighted by molar-refractivity contribution is 0.112. The van der Waals surface area contributed by atoms with Crippen LogP contribution in [0.2, 0.25) is 0 Å². The van der Waals surface area contributed by atoms with Crippen LogP contribution >= 0.6 is 0 Å². The molecule has 1 aromatic heterocycles. The van der Waals surface area contributed by atoms with Gasteiger partial charge in [0.05, 0.1) is 5.70 Å². The Hall–Kier alpha value is -2.82. The van der Waals surface area contributed by atoms with E-state index in [-0.39, 0.29) is 11.3 Å². The standard InChI is InChI=1S/C17H15NO4/c1-17(2)9-14(18-6-5-12(20)8-16(18)21)13-7-11(10-19)3-4-15(13)22-17/h3-10,20H,1-2H3. The fourth-order valence-electron chi connectivity index (χ4n) is 2.50. The average molecular weight is 297 g/mol. The summed E-state index contributed by atoms with van der Waals surface area (Å²) in [5.74, 6) is 0.517. The molecule has 112 valence electrons. The number of nitrogens with zero attached hydrogens (tertiary/aromatic N) is 1. The lowest BCUT2D eigenvalue weighted by Gasteiger charge is -2.31. The second-order valence-corrected chi connectivity index (χ2v) is 5.70. The molecule has 5 heteroatoms. The highest BCUT2D eigenvalue weighted by molar-refractivity contribution is 5.81. The SMILES string of the molecule is CC1(C)C=C(n2ccc(O)cc2=O)c2cc(C=O)ccc2O1. The number of aldehydes is 1. The molecule has 0 unspecified atom stereocenters. The average Bonchev–Trinajstić information content (AvgIpc) is 2.45. The lowest BCUT2D eigenvalue weighted by atomic mass is 9.97. The first kappa shape index (κ1) is 14.1.